The summed E-state index contributed by atoms with van der Waals surface area (Å²) in [5.41, 5.74) is 10.7. The number of benzene rings is 4. The van der Waals surface area contributed by atoms with Crippen molar-refractivity contribution in [1.82, 2.24) is 0 Å². The third-order valence-electron chi connectivity index (χ3n) is 7.38. The van der Waals surface area contributed by atoms with Crippen LogP contribution in [0.1, 0.15) is 22.3 Å². The van der Waals surface area contributed by atoms with Gasteiger partial charge in [0.2, 0.25) is 11.6 Å². The van der Waals surface area contributed by atoms with Gasteiger partial charge in [-0.2, -0.15) is 0 Å². The lowest BCUT2D eigenvalue weighted by Crippen LogP contribution is -2.30. The summed E-state index contributed by atoms with van der Waals surface area (Å²) in [4.78, 5) is 0. The van der Waals surface area contributed by atoms with Gasteiger partial charge in [0.05, 0.1) is 0 Å². The van der Waals surface area contributed by atoms with E-state index in [9.17, 15) is 0 Å². The van der Waals surface area contributed by atoms with Crippen LogP contribution in [0.15, 0.2) is 84.9 Å². The summed E-state index contributed by atoms with van der Waals surface area (Å²) in [5.74, 6) is -1.87. The van der Waals surface area contributed by atoms with Gasteiger partial charge in [-0.3, -0.25) is 0 Å². The fourth-order valence-corrected chi connectivity index (χ4v) is 5.81. The summed E-state index contributed by atoms with van der Waals surface area (Å²) >= 11 is 0. The maximum atomic E-state index is 6.01. The first-order valence-electron chi connectivity index (χ1n) is 11.3. The van der Waals surface area contributed by atoms with Gasteiger partial charge in [-0.05, 0) is 45.5 Å². The van der Waals surface area contributed by atoms with E-state index in [0.29, 0.717) is 0 Å². The zero-order valence-electron chi connectivity index (χ0n) is 19.7. The lowest BCUT2D eigenvalue weighted by molar-refractivity contribution is -0.180. The van der Waals surface area contributed by atoms with Gasteiger partial charge >= 0.3 is 0 Å². The fourth-order valence-electron chi connectivity index (χ4n) is 5.81. The molecule has 0 N–H and O–H groups in total. The van der Waals surface area contributed by atoms with Gasteiger partial charge in [-0.25, -0.2) is 0 Å². The Morgan fingerprint density at radius 3 is 1.15 bits per heavy atom. The monoisotopic (exact) mass is 450 g/mol. The number of ether oxygens (including phenoxy) is 4. The number of fused-ring (bicyclic) bond motifs is 6. The average Bonchev–Trinajstić information content (AvgIpc) is 3.35. The number of hydrogen-bond acceptors (Lipinski definition) is 4. The lowest BCUT2D eigenvalue weighted by Gasteiger charge is -2.29. The van der Waals surface area contributed by atoms with Crippen LogP contribution < -0.4 is 0 Å². The van der Waals surface area contributed by atoms with E-state index in [4.69, 9.17) is 18.9 Å². The normalized spacial score (nSPS) is 16.0. The summed E-state index contributed by atoms with van der Waals surface area (Å²) < 4.78 is 24.1. The van der Waals surface area contributed by atoms with Crippen LogP contribution in [0.3, 0.4) is 0 Å². The fraction of sp³-hybridized carbons (Fsp3) is 0.200. The molecule has 0 spiro atoms. The Bertz CT molecular complexity index is 1300. The molecular weight excluding hydrogens is 424 g/mol. The Balaban J connectivity index is 1.53. The quantitative estimate of drug-likeness (QED) is 0.334. The Morgan fingerprint density at radius 2 is 0.765 bits per heavy atom. The van der Waals surface area contributed by atoms with E-state index < -0.39 is 11.6 Å². The van der Waals surface area contributed by atoms with Crippen LogP contribution in [0.5, 0.6) is 0 Å². The van der Waals surface area contributed by atoms with Crippen LogP contribution in [-0.2, 0) is 30.5 Å². The number of rotatable bonds is 5. The second-order valence-corrected chi connectivity index (χ2v) is 8.66. The first-order valence-corrected chi connectivity index (χ1v) is 11.3. The molecule has 2 aliphatic carbocycles. The third kappa shape index (κ3) is 2.57. The standard InChI is InChI=1S/C30H26O4/c1-31-29(32-2)25-11-7-5-9-21(25)23-15-13-19(17-27(23)29)20-14-16-24-22-10-6-8-12-26(22)30(33-3,34-4)28(24)18-20/h5-18H,1-4H3. The molecule has 0 atom stereocenters. The maximum absolute atomic E-state index is 6.01. The topological polar surface area (TPSA) is 36.9 Å². The molecule has 4 heteroatoms. The highest BCUT2D eigenvalue weighted by Crippen LogP contribution is 2.53. The van der Waals surface area contributed by atoms with Crippen LogP contribution in [-0.4, -0.2) is 28.4 Å². The Kier molecular flexibility index (Phi) is 4.77. The Labute approximate surface area is 199 Å². The minimum absolute atomic E-state index is 0.933. The smallest absolute Gasteiger partial charge is 0.223 e. The van der Waals surface area contributed by atoms with Gasteiger partial charge < -0.3 is 18.9 Å². The van der Waals surface area contributed by atoms with Crippen molar-refractivity contribution < 1.29 is 18.9 Å². The molecule has 0 saturated carbocycles. The average molecular weight is 451 g/mol. The minimum atomic E-state index is -0.933. The first-order chi connectivity index (χ1) is 16.6. The lowest BCUT2D eigenvalue weighted by atomic mass is 9.94. The van der Waals surface area contributed by atoms with Crippen molar-refractivity contribution in [1.29, 1.82) is 0 Å². The Morgan fingerprint density at radius 1 is 0.412 bits per heavy atom. The second-order valence-electron chi connectivity index (χ2n) is 8.66. The van der Waals surface area contributed by atoms with E-state index in [1.165, 1.54) is 0 Å². The molecule has 0 radical (unpaired) electrons. The molecule has 0 bridgehead atoms. The molecule has 0 fully saturated rings. The molecule has 0 heterocycles. The predicted octanol–water partition coefficient (Wildman–Crippen LogP) is 6.30. The highest BCUT2D eigenvalue weighted by atomic mass is 16.7. The van der Waals surface area contributed by atoms with Gasteiger partial charge in [-0.15, -0.1) is 0 Å². The van der Waals surface area contributed by atoms with Gasteiger partial charge in [0, 0.05) is 50.7 Å². The molecule has 4 aromatic carbocycles. The van der Waals surface area contributed by atoms with E-state index >= 15 is 0 Å². The van der Waals surface area contributed by atoms with E-state index in [1.54, 1.807) is 28.4 Å². The molecule has 6 rings (SSSR count). The second kappa shape index (κ2) is 7.62. The number of hydrogen-bond donors (Lipinski definition) is 0. The molecule has 0 amide bonds. The highest BCUT2D eigenvalue weighted by Gasteiger charge is 2.46. The summed E-state index contributed by atoms with van der Waals surface area (Å²) in [6.07, 6.45) is 0. The SMILES string of the molecule is COC1(OC)c2ccccc2-c2ccc(-c3ccc4c(c3)C(OC)(OC)c3ccccc3-4)cc21. The number of methoxy groups -OCH3 is 4. The summed E-state index contributed by atoms with van der Waals surface area (Å²) in [5, 5.41) is 0. The minimum Gasteiger partial charge on any atom is -0.346 e. The molecule has 170 valence electrons. The summed E-state index contributed by atoms with van der Waals surface area (Å²) in [7, 11) is 6.78. The first kappa shape index (κ1) is 21.3. The van der Waals surface area contributed by atoms with Crippen LogP contribution in [0.25, 0.3) is 33.4 Å². The predicted molar refractivity (Wildman–Crippen MR) is 132 cm³/mol. The maximum Gasteiger partial charge on any atom is 0.223 e. The third-order valence-corrected chi connectivity index (χ3v) is 7.38. The van der Waals surface area contributed by atoms with Crippen molar-refractivity contribution in [3.05, 3.63) is 107 Å². The van der Waals surface area contributed by atoms with Crippen LogP contribution in [0.4, 0.5) is 0 Å². The largest absolute Gasteiger partial charge is 0.346 e. The van der Waals surface area contributed by atoms with E-state index in [1.807, 2.05) is 24.3 Å². The van der Waals surface area contributed by atoms with Crippen molar-refractivity contribution in [2.75, 3.05) is 28.4 Å². The van der Waals surface area contributed by atoms with E-state index in [2.05, 4.69) is 60.7 Å². The van der Waals surface area contributed by atoms with Crippen molar-refractivity contribution in [3.8, 4) is 33.4 Å². The molecule has 0 aromatic heterocycles. The van der Waals surface area contributed by atoms with Gasteiger partial charge in [0.1, 0.15) is 0 Å². The van der Waals surface area contributed by atoms with Gasteiger partial charge in [-0.1, -0.05) is 72.8 Å². The Hall–Kier alpha value is -3.28. The van der Waals surface area contributed by atoms with Crippen LogP contribution in [0, 0.1) is 0 Å². The highest BCUT2D eigenvalue weighted by molar-refractivity contribution is 5.85. The molecule has 0 aliphatic heterocycles. The van der Waals surface area contributed by atoms with Crippen LogP contribution >= 0.6 is 0 Å². The van der Waals surface area contributed by atoms with E-state index in [-0.39, 0.29) is 0 Å². The molecule has 34 heavy (non-hydrogen) atoms. The molecule has 4 aromatic rings. The molecular formula is C30H26O4. The molecule has 0 saturated heterocycles. The van der Waals surface area contributed by atoms with Crippen molar-refractivity contribution in [2.24, 2.45) is 0 Å². The zero-order chi connectivity index (χ0) is 23.5. The van der Waals surface area contributed by atoms with Gasteiger partial charge in [0.25, 0.3) is 0 Å². The van der Waals surface area contributed by atoms with Crippen molar-refractivity contribution >= 4 is 0 Å². The zero-order valence-corrected chi connectivity index (χ0v) is 19.7. The van der Waals surface area contributed by atoms with E-state index in [0.717, 1.165) is 55.6 Å². The summed E-state index contributed by atoms with van der Waals surface area (Å²) in [6, 6.07) is 29.5. The van der Waals surface area contributed by atoms with Crippen molar-refractivity contribution in [2.45, 2.75) is 11.6 Å². The van der Waals surface area contributed by atoms with Crippen LogP contribution in [0.2, 0.25) is 0 Å². The summed E-state index contributed by atoms with van der Waals surface area (Å²) in [6.45, 7) is 0. The molecule has 4 nitrogen and oxygen atoms in total. The van der Waals surface area contributed by atoms with Crippen molar-refractivity contribution in [3.63, 3.8) is 0 Å². The molecule has 2 aliphatic rings. The van der Waals surface area contributed by atoms with Gasteiger partial charge in [0.15, 0.2) is 0 Å². The molecule has 0 unspecified atom stereocenters.